The van der Waals surface area contributed by atoms with Crippen molar-refractivity contribution in [3.63, 3.8) is 0 Å². The van der Waals surface area contributed by atoms with Crippen LogP contribution in [0.25, 0.3) is 10.9 Å². The Morgan fingerprint density at radius 3 is 2.94 bits per heavy atom. The van der Waals surface area contributed by atoms with Gasteiger partial charge in [0, 0.05) is 18.5 Å². The largest absolute Gasteiger partial charge is 0.397 e. The van der Waals surface area contributed by atoms with E-state index in [1.807, 2.05) is 6.07 Å². The van der Waals surface area contributed by atoms with Crippen molar-refractivity contribution in [1.82, 2.24) is 4.73 Å². The summed E-state index contributed by atoms with van der Waals surface area (Å²) in [6.07, 6.45) is 1.73. The summed E-state index contributed by atoms with van der Waals surface area (Å²) in [5, 5.41) is 9.84. The van der Waals surface area contributed by atoms with Gasteiger partial charge >= 0.3 is 5.97 Å². The maximum atomic E-state index is 11.0. The summed E-state index contributed by atoms with van der Waals surface area (Å²) in [4.78, 5) is 16.0. The first kappa shape index (κ1) is 12.3. The zero-order valence-electron chi connectivity index (χ0n) is 9.61. The molecule has 0 aliphatic heterocycles. The second-order valence-corrected chi connectivity index (χ2v) is 4.16. The molecular formula is C12H10ClN3O2. The van der Waals surface area contributed by atoms with Crippen LogP contribution in [0.4, 0.5) is 5.69 Å². The highest BCUT2D eigenvalue weighted by molar-refractivity contribution is 6.34. The molecule has 0 spiro atoms. The fourth-order valence-electron chi connectivity index (χ4n) is 1.81. The summed E-state index contributed by atoms with van der Waals surface area (Å²) in [7, 11) is 0. The van der Waals surface area contributed by atoms with E-state index in [1.165, 1.54) is 11.7 Å². The van der Waals surface area contributed by atoms with Gasteiger partial charge in [0.2, 0.25) is 0 Å². The number of carbonyl (C=O) groups excluding carboxylic acids is 1. The van der Waals surface area contributed by atoms with Gasteiger partial charge in [-0.3, -0.25) is 0 Å². The van der Waals surface area contributed by atoms with E-state index in [-0.39, 0.29) is 6.42 Å². The lowest BCUT2D eigenvalue weighted by atomic mass is 10.1. The molecule has 6 heteroatoms. The second kappa shape index (κ2) is 4.59. The van der Waals surface area contributed by atoms with E-state index in [1.54, 1.807) is 18.3 Å². The molecule has 18 heavy (non-hydrogen) atoms. The number of fused-ring (bicyclic) bond motifs is 1. The first-order valence-corrected chi connectivity index (χ1v) is 5.56. The topological polar surface area (TPSA) is 81.0 Å². The predicted molar refractivity (Wildman–Crippen MR) is 67.9 cm³/mol. The highest BCUT2D eigenvalue weighted by atomic mass is 35.5. The van der Waals surface area contributed by atoms with Gasteiger partial charge in [-0.15, -0.1) is 0 Å². The molecule has 1 aromatic carbocycles. The monoisotopic (exact) mass is 263 g/mol. The fraction of sp³-hybridized carbons (Fsp3) is 0.167. The SMILES string of the molecule is CC(=O)On1cc(CC#N)c2c(N)c(Cl)ccc21. The van der Waals surface area contributed by atoms with Crippen LogP contribution >= 0.6 is 11.6 Å². The molecular weight excluding hydrogens is 254 g/mol. The lowest BCUT2D eigenvalue weighted by Gasteiger charge is -2.04. The number of carbonyl (C=O) groups is 1. The third kappa shape index (κ3) is 1.98. The molecule has 1 aromatic heterocycles. The number of hydrogen-bond donors (Lipinski definition) is 1. The number of halogens is 1. The van der Waals surface area contributed by atoms with Crippen LogP contribution in [0.5, 0.6) is 0 Å². The van der Waals surface area contributed by atoms with Gasteiger partial charge in [-0.25, -0.2) is 4.79 Å². The van der Waals surface area contributed by atoms with E-state index >= 15 is 0 Å². The lowest BCUT2D eigenvalue weighted by molar-refractivity contribution is -0.140. The minimum absolute atomic E-state index is 0.162. The summed E-state index contributed by atoms with van der Waals surface area (Å²) in [6, 6.07) is 5.35. The molecule has 2 aromatic rings. The summed E-state index contributed by atoms with van der Waals surface area (Å²) < 4.78 is 1.30. The Labute approximate surface area is 108 Å². The summed E-state index contributed by atoms with van der Waals surface area (Å²) in [5.74, 6) is -0.455. The van der Waals surface area contributed by atoms with Crippen LogP contribution in [0.3, 0.4) is 0 Å². The van der Waals surface area contributed by atoms with Crippen molar-refractivity contribution < 1.29 is 9.63 Å². The standard InChI is InChI=1S/C12H10ClN3O2/c1-7(17)18-16-6-8(4-5-14)11-10(16)3-2-9(13)12(11)15/h2-3,6H,4,15H2,1H3. The number of nitriles is 1. The van der Waals surface area contributed by atoms with E-state index < -0.39 is 5.97 Å². The number of nitrogens with zero attached hydrogens (tertiary/aromatic N) is 2. The second-order valence-electron chi connectivity index (χ2n) is 3.75. The van der Waals surface area contributed by atoms with E-state index in [0.29, 0.717) is 27.2 Å². The molecule has 5 nitrogen and oxygen atoms in total. The van der Waals surface area contributed by atoms with Gasteiger partial charge in [0.15, 0.2) is 0 Å². The molecule has 0 unspecified atom stereocenters. The van der Waals surface area contributed by atoms with Crippen LogP contribution < -0.4 is 10.6 Å². The Balaban J connectivity index is 2.72. The number of nitrogens with two attached hydrogens (primary N) is 1. The van der Waals surface area contributed by atoms with Crippen LogP contribution in [0.1, 0.15) is 12.5 Å². The Kier molecular flexibility index (Phi) is 3.13. The van der Waals surface area contributed by atoms with Crippen molar-refractivity contribution in [2.45, 2.75) is 13.3 Å². The smallest absolute Gasteiger partial charge is 0.329 e. The molecule has 92 valence electrons. The minimum Gasteiger partial charge on any atom is -0.397 e. The first-order chi connectivity index (χ1) is 8.54. The van der Waals surface area contributed by atoms with Crippen LogP contribution in [-0.4, -0.2) is 10.7 Å². The van der Waals surface area contributed by atoms with Gasteiger partial charge in [-0.2, -0.15) is 9.99 Å². The Morgan fingerprint density at radius 1 is 1.61 bits per heavy atom. The average Bonchev–Trinajstić information content (AvgIpc) is 2.62. The van der Waals surface area contributed by atoms with Crippen molar-refractivity contribution in [2.24, 2.45) is 0 Å². The van der Waals surface area contributed by atoms with E-state index in [4.69, 9.17) is 27.4 Å². The molecule has 0 radical (unpaired) electrons. The Bertz CT molecular complexity index is 670. The third-order valence-electron chi connectivity index (χ3n) is 2.50. The van der Waals surface area contributed by atoms with Crippen molar-refractivity contribution in [1.29, 1.82) is 5.26 Å². The molecule has 0 fully saturated rings. The first-order valence-electron chi connectivity index (χ1n) is 5.18. The molecule has 1 heterocycles. The fourth-order valence-corrected chi connectivity index (χ4v) is 1.97. The maximum absolute atomic E-state index is 11.0. The number of anilines is 1. The quantitative estimate of drug-likeness (QED) is 0.840. The highest BCUT2D eigenvalue weighted by Crippen LogP contribution is 2.32. The Morgan fingerprint density at radius 2 is 2.33 bits per heavy atom. The normalized spacial score (nSPS) is 10.3. The van der Waals surface area contributed by atoms with Crippen molar-refractivity contribution in [3.8, 4) is 6.07 Å². The van der Waals surface area contributed by atoms with Crippen molar-refractivity contribution in [2.75, 3.05) is 5.73 Å². The lowest BCUT2D eigenvalue weighted by Crippen LogP contribution is -2.15. The van der Waals surface area contributed by atoms with Gasteiger partial charge in [-0.05, 0) is 17.7 Å². The molecule has 0 bridgehead atoms. The summed E-state index contributed by atoms with van der Waals surface area (Å²) in [5.41, 5.74) is 7.56. The number of aromatic nitrogens is 1. The van der Waals surface area contributed by atoms with Gasteiger partial charge in [0.05, 0.1) is 28.7 Å². The molecule has 0 amide bonds. The van der Waals surface area contributed by atoms with Crippen LogP contribution in [0.2, 0.25) is 5.02 Å². The van der Waals surface area contributed by atoms with Gasteiger partial charge < -0.3 is 10.6 Å². The zero-order chi connectivity index (χ0) is 13.3. The van der Waals surface area contributed by atoms with E-state index in [0.717, 1.165) is 0 Å². The molecule has 0 atom stereocenters. The number of hydrogen-bond acceptors (Lipinski definition) is 4. The molecule has 0 aliphatic carbocycles. The number of rotatable bonds is 2. The van der Waals surface area contributed by atoms with Crippen LogP contribution in [0.15, 0.2) is 18.3 Å². The summed E-state index contributed by atoms with van der Waals surface area (Å²) in [6.45, 7) is 1.30. The van der Waals surface area contributed by atoms with Gasteiger partial charge in [-0.1, -0.05) is 11.6 Å². The third-order valence-corrected chi connectivity index (χ3v) is 2.83. The highest BCUT2D eigenvalue weighted by Gasteiger charge is 2.14. The number of benzene rings is 1. The molecule has 0 saturated carbocycles. The predicted octanol–water partition coefficient (Wildman–Crippen LogP) is 1.92. The van der Waals surface area contributed by atoms with Gasteiger partial charge in [0.1, 0.15) is 0 Å². The summed E-state index contributed by atoms with van der Waals surface area (Å²) >= 11 is 5.95. The van der Waals surface area contributed by atoms with Crippen LogP contribution in [-0.2, 0) is 11.2 Å². The molecule has 0 aliphatic rings. The Hall–Kier alpha value is -2.19. The zero-order valence-corrected chi connectivity index (χ0v) is 10.4. The minimum atomic E-state index is -0.455. The van der Waals surface area contributed by atoms with E-state index in [9.17, 15) is 4.79 Å². The van der Waals surface area contributed by atoms with E-state index in [2.05, 4.69) is 0 Å². The number of nitrogen functional groups attached to an aromatic ring is 1. The van der Waals surface area contributed by atoms with Gasteiger partial charge in [0.25, 0.3) is 0 Å². The van der Waals surface area contributed by atoms with Crippen molar-refractivity contribution in [3.05, 3.63) is 28.9 Å². The average molecular weight is 264 g/mol. The maximum Gasteiger partial charge on any atom is 0.329 e. The molecule has 0 saturated heterocycles. The molecule has 2 N–H and O–H groups in total. The molecule has 2 rings (SSSR count). The van der Waals surface area contributed by atoms with Crippen molar-refractivity contribution >= 4 is 34.2 Å². The van der Waals surface area contributed by atoms with Crippen LogP contribution in [0, 0.1) is 11.3 Å².